The van der Waals surface area contributed by atoms with Crippen molar-refractivity contribution in [2.75, 3.05) is 0 Å². The van der Waals surface area contributed by atoms with Crippen LogP contribution >= 0.6 is 0 Å². The van der Waals surface area contributed by atoms with Crippen molar-refractivity contribution < 1.29 is 4.79 Å². The SMILES string of the molecule is C=C(C[Si](c1ccccc1)(c1ccccc1)C(C)(C)C)C(C)CC=O. The summed E-state index contributed by atoms with van der Waals surface area (Å²) in [5.74, 6) is 0.221. The fourth-order valence-electron chi connectivity index (χ4n) is 3.77. The van der Waals surface area contributed by atoms with Gasteiger partial charge in [-0.25, -0.2) is 0 Å². The highest BCUT2D eigenvalue weighted by atomic mass is 28.3. The van der Waals surface area contributed by atoms with E-state index < -0.39 is 8.07 Å². The molecule has 1 atom stereocenters. The molecular weight excluding hydrogens is 320 g/mol. The Hall–Kier alpha value is -1.93. The highest BCUT2D eigenvalue weighted by Gasteiger charge is 2.47. The first-order chi connectivity index (χ1) is 11.8. The monoisotopic (exact) mass is 350 g/mol. The van der Waals surface area contributed by atoms with Gasteiger partial charge in [0.25, 0.3) is 0 Å². The largest absolute Gasteiger partial charge is 0.303 e. The average Bonchev–Trinajstić information content (AvgIpc) is 2.60. The Labute approximate surface area is 153 Å². The third kappa shape index (κ3) is 4.01. The van der Waals surface area contributed by atoms with Crippen LogP contribution in [0.4, 0.5) is 0 Å². The number of rotatable bonds is 7. The quantitative estimate of drug-likeness (QED) is 0.397. The fourth-order valence-corrected chi connectivity index (χ4v) is 9.33. The van der Waals surface area contributed by atoms with E-state index in [1.54, 1.807) is 0 Å². The lowest BCUT2D eigenvalue weighted by molar-refractivity contribution is -0.108. The van der Waals surface area contributed by atoms with Crippen LogP contribution in [0.25, 0.3) is 0 Å². The lowest BCUT2D eigenvalue weighted by Crippen LogP contribution is -2.64. The smallest absolute Gasteiger partial charge is 0.127 e. The van der Waals surface area contributed by atoms with Crippen molar-refractivity contribution in [3.8, 4) is 0 Å². The molecule has 0 spiro atoms. The van der Waals surface area contributed by atoms with Gasteiger partial charge in [-0.05, 0) is 17.0 Å². The standard InChI is InChI=1S/C23H30OSi/c1-19(16-17-24)20(2)18-25(23(3,4)5,21-12-8-6-9-13-21)22-14-10-7-11-15-22/h6-15,17,19H,2,16,18H2,1,3-5H3. The average molecular weight is 351 g/mol. The van der Waals surface area contributed by atoms with Crippen LogP contribution in [-0.4, -0.2) is 14.4 Å². The summed E-state index contributed by atoms with van der Waals surface area (Å²) in [6.07, 6.45) is 1.57. The zero-order valence-corrected chi connectivity index (χ0v) is 17.0. The van der Waals surface area contributed by atoms with Crippen molar-refractivity contribution in [3.63, 3.8) is 0 Å². The summed E-state index contributed by atoms with van der Waals surface area (Å²) >= 11 is 0. The maximum atomic E-state index is 11.0. The molecule has 0 radical (unpaired) electrons. The van der Waals surface area contributed by atoms with E-state index in [0.29, 0.717) is 6.42 Å². The Morgan fingerprint density at radius 1 is 1.00 bits per heavy atom. The number of hydrogen-bond donors (Lipinski definition) is 0. The van der Waals surface area contributed by atoms with Crippen molar-refractivity contribution in [2.45, 2.75) is 45.2 Å². The second-order valence-corrected chi connectivity index (χ2v) is 12.8. The first kappa shape index (κ1) is 19.4. The highest BCUT2D eigenvalue weighted by molar-refractivity contribution is 7.04. The molecule has 1 unspecified atom stereocenters. The van der Waals surface area contributed by atoms with E-state index in [2.05, 4.69) is 94.9 Å². The number of hydrogen-bond acceptors (Lipinski definition) is 1. The van der Waals surface area contributed by atoms with Gasteiger partial charge in [-0.15, -0.1) is 0 Å². The Bertz CT molecular complexity index is 658. The summed E-state index contributed by atoms with van der Waals surface area (Å²) in [6.45, 7) is 13.6. The number of carbonyl (C=O) groups is 1. The summed E-state index contributed by atoms with van der Waals surface area (Å²) < 4.78 is 0. The van der Waals surface area contributed by atoms with Crippen LogP contribution in [0.5, 0.6) is 0 Å². The molecule has 2 rings (SSSR count). The molecule has 2 aromatic rings. The molecule has 0 N–H and O–H groups in total. The Balaban J connectivity index is 2.65. The molecule has 0 heterocycles. The van der Waals surface area contributed by atoms with Crippen LogP contribution < -0.4 is 10.4 Å². The lowest BCUT2D eigenvalue weighted by atomic mass is 10.0. The van der Waals surface area contributed by atoms with Crippen molar-refractivity contribution in [3.05, 3.63) is 72.8 Å². The molecular formula is C23H30OSi. The molecule has 2 heteroatoms. The molecule has 2 aromatic carbocycles. The summed E-state index contributed by atoms with van der Waals surface area (Å²) in [5.41, 5.74) is 1.20. The van der Waals surface area contributed by atoms with Gasteiger partial charge in [0, 0.05) is 6.42 Å². The van der Waals surface area contributed by atoms with E-state index in [1.165, 1.54) is 15.9 Å². The Morgan fingerprint density at radius 3 is 1.80 bits per heavy atom. The van der Waals surface area contributed by atoms with Crippen LogP contribution in [0, 0.1) is 5.92 Å². The van der Waals surface area contributed by atoms with Crippen LogP contribution in [0.15, 0.2) is 72.8 Å². The molecule has 0 saturated heterocycles. The van der Waals surface area contributed by atoms with Gasteiger partial charge >= 0.3 is 0 Å². The third-order valence-electron chi connectivity index (χ3n) is 5.45. The van der Waals surface area contributed by atoms with Crippen molar-refractivity contribution in [1.29, 1.82) is 0 Å². The van der Waals surface area contributed by atoms with E-state index >= 15 is 0 Å². The predicted molar refractivity (Wildman–Crippen MR) is 111 cm³/mol. The summed E-state index contributed by atoms with van der Waals surface area (Å²) in [5, 5.41) is 3.00. The van der Waals surface area contributed by atoms with Crippen LogP contribution in [0.1, 0.15) is 34.1 Å². The topological polar surface area (TPSA) is 17.1 Å². The highest BCUT2D eigenvalue weighted by Crippen LogP contribution is 2.41. The van der Waals surface area contributed by atoms with Crippen LogP contribution in [0.2, 0.25) is 11.1 Å². The van der Waals surface area contributed by atoms with Crippen molar-refractivity contribution in [1.82, 2.24) is 0 Å². The van der Waals surface area contributed by atoms with Gasteiger partial charge in [0.15, 0.2) is 0 Å². The van der Waals surface area contributed by atoms with Crippen LogP contribution in [-0.2, 0) is 4.79 Å². The third-order valence-corrected chi connectivity index (χ3v) is 11.6. The molecule has 0 saturated carbocycles. The molecule has 0 amide bonds. The second-order valence-electron chi connectivity index (χ2n) is 8.03. The molecule has 0 aliphatic rings. The van der Waals surface area contributed by atoms with E-state index in [-0.39, 0.29) is 11.0 Å². The first-order valence-corrected chi connectivity index (χ1v) is 11.3. The lowest BCUT2D eigenvalue weighted by Gasteiger charge is -2.45. The van der Waals surface area contributed by atoms with Crippen LogP contribution in [0.3, 0.4) is 0 Å². The zero-order valence-electron chi connectivity index (χ0n) is 16.0. The number of aldehydes is 1. The maximum absolute atomic E-state index is 11.0. The fraction of sp³-hybridized carbons (Fsp3) is 0.348. The molecule has 132 valence electrons. The van der Waals surface area contributed by atoms with Gasteiger partial charge in [0.1, 0.15) is 14.4 Å². The zero-order chi connectivity index (χ0) is 18.5. The van der Waals surface area contributed by atoms with Gasteiger partial charge in [0.05, 0.1) is 0 Å². The minimum Gasteiger partial charge on any atom is -0.303 e. The van der Waals surface area contributed by atoms with Crippen molar-refractivity contribution in [2.24, 2.45) is 5.92 Å². The van der Waals surface area contributed by atoms with Gasteiger partial charge in [-0.3, -0.25) is 0 Å². The molecule has 0 aromatic heterocycles. The molecule has 0 aliphatic carbocycles. The number of benzene rings is 2. The van der Waals surface area contributed by atoms with E-state index in [4.69, 9.17) is 0 Å². The van der Waals surface area contributed by atoms with Gasteiger partial charge in [0.2, 0.25) is 0 Å². The molecule has 1 nitrogen and oxygen atoms in total. The predicted octanol–water partition coefficient (Wildman–Crippen LogP) is 4.83. The maximum Gasteiger partial charge on any atom is 0.127 e. The summed E-state index contributed by atoms with van der Waals surface area (Å²) in [4.78, 5) is 11.0. The van der Waals surface area contributed by atoms with Gasteiger partial charge < -0.3 is 4.79 Å². The summed E-state index contributed by atoms with van der Waals surface area (Å²) in [6, 6.07) is 22.8. The molecule has 0 aliphatic heterocycles. The van der Waals surface area contributed by atoms with Gasteiger partial charge in [-0.1, -0.05) is 111 Å². The van der Waals surface area contributed by atoms with E-state index in [1.807, 2.05) is 0 Å². The number of allylic oxidation sites excluding steroid dienone is 1. The Kier molecular flexibility index (Phi) is 6.18. The van der Waals surface area contributed by atoms with Crippen molar-refractivity contribution >= 4 is 24.7 Å². The second kappa shape index (κ2) is 7.96. The molecule has 0 fully saturated rings. The molecule has 25 heavy (non-hydrogen) atoms. The minimum atomic E-state index is -2.12. The van der Waals surface area contributed by atoms with E-state index in [9.17, 15) is 4.79 Å². The number of carbonyl (C=O) groups excluding carboxylic acids is 1. The summed E-state index contributed by atoms with van der Waals surface area (Å²) in [7, 11) is -2.12. The molecule has 0 bridgehead atoms. The normalized spacial score (nSPS) is 13.3. The first-order valence-electron chi connectivity index (χ1n) is 9.05. The van der Waals surface area contributed by atoms with E-state index in [0.717, 1.165) is 12.3 Å². The van der Waals surface area contributed by atoms with Gasteiger partial charge in [-0.2, -0.15) is 0 Å². The Morgan fingerprint density at radius 2 is 1.44 bits per heavy atom. The minimum absolute atomic E-state index is 0.125.